The minimum atomic E-state index is -0.171. The number of para-hydroxylation sites is 2. The van der Waals surface area contributed by atoms with Gasteiger partial charge in [-0.3, -0.25) is 0 Å². The molecular formula is C44H42N2. The van der Waals surface area contributed by atoms with Crippen LogP contribution in [0.1, 0.15) is 64.0 Å². The van der Waals surface area contributed by atoms with Crippen molar-refractivity contribution in [1.82, 2.24) is 0 Å². The van der Waals surface area contributed by atoms with Crippen LogP contribution in [0.25, 0.3) is 21.9 Å². The Morgan fingerprint density at radius 1 is 0.630 bits per heavy atom. The first-order valence-corrected chi connectivity index (χ1v) is 17.0. The molecule has 0 spiro atoms. The van der Waals surface area contributed by atoms with Crippen LogP contribution < -0.4 is 9.80 Å². The van der Waals surface area contributed by atoms with Crippen LogP contribution in [0.15, 0.2) is 145 Å². The smallest absolute Gasteiger partial charge is 0.0543 e. The molecule has 5 aromatic carbocycles. The molecule has 228 valence electrons. The molecule has 0 heterocycles. The fourth-order valence-corrected chi connectivity index (χ4v) is 7.96. The van der Waals surface area contributed by atoms with E-state index in [1.54, 1.807) is 0 Å². The second-order valence-corrected chi connectivity index (χ2v) is 13.8. The maximum absolute atomic E-state index is 2.51. The summed E-state index contributed by atoms with van der Waals surface area (Å²) in [7, 11) is 0. The minimum absolute atomic E-state index is 0.171. The van der Waals surface area contributed by atoms with E-state index >= 15 is 0 Å². The summed E-state index contributed by atoms with van der Waals surface area (Å²) in [6, 6.07) is 40.5. The van der Waals surface area contributed by atoms with E-state index in [1.165, 1.54) is 73.6 Å². The zero-order valence-electron chi connectivity index (χ0n) is 27.2. The summed E-state index contributed by atoms with van der Waals surface area (Å²) < 4.78 is 0. The van der Waals surface area contributed by atoms with Gasteiger partial charge in [-0.1, -0.05) is 106 Å². The number of nitrogens with zero attached hydrogens (tertiary/aromatic N) is 2. The van der Waals surface area contributed by atoms with Gasteiger partial charge >= 0.3 is 0 Å². The Balaban J connectivity index is 1.32. The molecular weight excluding hydrogens is 556 g/mol. The summed E-state index contributed by atoms with van der Waals surface area (Å²) in [6.45, 7) is 7.22. The number of anilines is 4. The maximum atomic E-state index is 2.51. The number of benzene rings is 5. The predicted molar refractivity (Wildman–Crippen MR) is 196 cm³/mol. The van der Waals surface area contributed by atoms with E-state index in [0.717, 1.165) is 25.7 Å². The third kappa shape index (κ3) is 4.79. The molecule has 0 fully saturated rings. The van der Waals surface area contributed by atoms with Gasteiger partial charge in [0.05, 0.1) is 5.69 Å². The highest BCUT2D eigenvalue weighted by molar-refractivity contribution is 6.09. The lowest BCUT2D eigenvalue weighted by atomic mass is 9.81. The third-order valence-corrected chi connectivity index (χ3v) is 10.3. The van der Waals surface area contributed by atoms with Crippen molar-refractivity contribution < 1.29 is 0 Å². The zero-order valence-corrected chi connectivity index (χ0v) is 27.2. The Kier molecular flexibility index (Phi) is 7.17. The Morgan fingerprint density at radius 2 is 1.33 bits per heavy atom. The molecule has 3 aliphatic rings. The van der Waals surface area contributed by atoms with Crippen LogP contribution in [0.4, 0.5) is 22.7 Å². The van der Waals surface area contributed by atoms with E-state index in [-0.39, 0.29) is 5.41 Å². The summed E-state index contributed by atoms with van der Waals surface area (Å²) in [6.07, 6.45) is 15.1. The molecule has 0 aromatic heterocycles. The highest BCUT2D eigenvalue weighted by atomic mass is 15.2. The fraction of sp³-hybridized carbons (Fsp3) is 0.227. The van der Waals surface area contributed by atoms with Crippen LogP contribution in [0.2, 0.25) is 0 Å². The van der Waals surface area contributed by atoms with Gasteiger partial charge in [-0.25, -0.2) is 0 Å². The van der Waals surface area contributed by atoms with Crippen molar-refractivity contribution in [3.8, 4) is 11.1 Å². The van der Waals surface area contributed by atoms with Crippen LogP contribution in [0.5, 0.6) is 0 Å². The normalized spacial score (nSPS) is 18.0. The second-order valence-electron chi connectivity index (χ2n) is 13.8. The molecule has 0 bridgehead atoms. The van der Waals surface area contributed by atoms with Gasteiger partial charge in [0.2, 0.25) is 0 Å². The van der Waals surface area contributed by atoms with Crippen LogP contribution in [0.3, 0.4) is 0 Å². The second kappa shape index (κ2) is 11.5. The van der Waals surface area contributed by atoms with Crippen molar-refractivity contribution >= 4 is 33.5 Å². The monoisotopic (exact) mass is 598 g/mol. The van der Waals surface area contributed by atoms with E-state index in [1.807, 2.05) is 0 Å². The van der Waals surface area contributed by atoms with E-state index < -0.39 is 0 Å². The topological polar surface area (TPSA) is 6.48 Å². The number of rotatable bonds is 6. The Hall–Kier alpha value is -4.82. The van der Waals surface area contributed by atoms with Gasteiger partial charge in [0.15, 0.2) is 0 Å². The predicted octanol–water partition coefficient (Wildman–Crippen LogP) is 12.4. The van der Waals surface area contributed by atoms with Gasteiger partial charge in [0, 0.05) is 39.3 Å². The van der Waals surface area contributed by atoms with Crippen molar-refractivity contribution in [1.29, 1.82) is 0 Å². The lowest BCUT2D eigenvalue weighted by Crippen LogP contribution is -2.22. The number of hydrogen-bond donors (Lipinski definition) is 0. The van der Waals surface area contributed by atoms with E-state index in [0.29, 0.717) is 5.92 Å². The third-order valence-electron chi connectivity index (χ3n) is 10.3. The van der Waals surface area contributed by atoms with Crippen LogP contribution >= 0.6 is 0 Å². The maximum Gasteiger partial charge on any atom is 0.0543 e. The van der Waals surface area contributed by atoms with Crippen molar-refractivity contribution in [2.75, 3.05) is 9.80 Å². The van der Waals surface area contributed by atoms with Crippen molar-refractivity contribution in [2.24, 2.45) is 5.92 Å². The average Bonchev–Trinajstić information content (AvgIpc) is 3.32. The molecule has 5 aromatic rings. The molecule has 0 N–H and O–H groups in total. The van der Waals surface area contributed by atoms with Crippen molar-refractivity contribution in [3.63, 3.8) is 0 Å². The summed E-state index contributed by atoms with van der Waals surface area (Å²) in [5, 5.41) is 2.60. The number of hydrogen-bond acceptors (Lipinski definition) is 2. The highest BCUT2D eigenvalue weighted by Crippen LogP contribution is 2.55. The van der Waals surface area contributed by atoms with Gasteiger partial charge in [0.25, 0.3) is 0 Å². The molecule has 0 saturated heterocycles. The summed E-state index contributed by atoms with van der Waals surface area (Å²) in [5.74, 6) is 0.688. The van der Waals surface area contributed by atoms with Crippen LogP contribution in [0, 0.1) is 5.92 Å². The minimum Gasteiger partial charge on any atom is -0.315 e. The van der Waals surface area contributed by atoms with Crippen LogP contribution in [-0.4, -0.2) is 0 Å². The molecule has 1 unspecified atom stereocenters. The summed E-state index contributed by atoms with van der Waals surface area (Å²) in [4.78, 5) is 4.98. The zero-order chi connectivity index (χ0) is 31.3. The molecule has 46 heavy (non-hydrogen) atoms. The molecule has 3 aliphatic carbocycles. The quantitative estimate of drug-likeness (QED) is 0.192. The van der Waals surface area contributed by atoms with Crippen molar-refractivity contribution in [2.45, 2.75) is 58.3 Å². The van der Waals surface area contributed by atoms with Gasteiger partial charge in [-0.2, -0.15) is 0 Å². The van der Waals surface area contributed by atoms with Gasteiger partial charge < -0.3 is 9.80 Å². The average molecular weight is 599 g/mol. The molecule has 0 aliphatic heterocycles. The van der Waals surface area contributed by atoms with E-state index in [2.05, 4.69) is 164 Å². The first-order chi connectivity index (χ1) is 22.5. The van der Waals surface area contributed by atoms with Crippen LogP contribution in [-0.2, 0) is 5.41 Å². The Bertz CT molecular complexity index is 2010. The molecule has 2 heteroatoms. The van der Waals surface area contributed by atoms with Gasteiger partial charge in [-0.15, -0.1) is 0 Å². The molecule has 0 radical (unpaired) electrons. The molecule has 0 amide bonds. The summed E-state index contributed by atoms with van der Waals surface area (Å²) >= 11 is 0. The number of fused-ring (bicyclic) bond motifs is 5. The molecule has 8 rings (SSSR count). The molecule has 1 atom stereocenters. The van der Waals surface area contributed by atoms with Gasteiger partial charge in [-0.05, 0) is 114 Å². The largest absolute Gasteiger partial charge is 0.315 e. The van der Waals surface area contributed by atoms with E-state index in [9.17, 15) is 0 Å². The van der Waals surface area contributed by atoms with Crippen molar-refractivity contribution in [3.05, 3.63) is 156 Å². The number of allylic oxidation sites excluding steroid dienone is 5. The molecule has 0 saturated carbocycles. The Labute approximate surface area is 274 Å². The van der Waals surface area contributed by atoms with Gasteiger partial charge in [0.1, 0.15) is 0 Å². The lowest BCUT2D eigenvalue weighted by Gasteiger charge is -2.33. The van der Waals surface area contributed by atoms with E-state index in [4.69, 9.17) is 0 Å². The first-order valence-electron chi connectivity index (χ1n) is 17.0. The fourth-order valence-electron chi connectivity index (χ4n) is 7.96. The summed E-state index contributed by atoms with van der Waals surface area (Å²) in [5.41, 5.74) is 12.9. The first kappa shape index (κ1) is 28.6. The lowest BCUT2D eigenvalue weighted by molar-refractivity contribution is 0.505. The standard InChI is InChI=1S/C44H42N2/c1-31-16-15-23-35(28-31)45(32-17-7-4-8-18-32)36-26-27-39-40(29-36)44(2,3)41-30-42(37-24-13-14-25-38(37)43(39)41)46(33-19-9-5-10-20-33)34-21-11-6-12-22-34/h4-5,7-11,13-14,17-27,29-31H,6,12,15-16,28H2,1-3H3. The molecule has 2 nitrogen and oxygen atoms in total. The Morgan fingerprint density at radius 3 is 2.02 bits per heavy atom. The SMILES string of the molecule is CC1CCC=C(N(c2ccccc2)c2ccc3c(c2)C(C)(C)c2cc(N(C4=CCCC=C4)c4ccccc4)c4ccccc4c2-3)C1. The highest BCUT2D eigenvalue weighted by Gasteiger charge is 2.38.